The molecule has 0 heterocycles. The van der Waals surface area contributed by atoms with E-state index in [2.05, 4.69) is 10.1 Å². The lowest BCUT2D eigenvalue weighted by Crippen LogP contribution is -2.24. The number of benzene rings is 1. The van der Waals surface area contributed by atoms with Gasteiger partial charge >= 0.3 is 5.97 Å². The molecule has 1 atom stereocenters. The zero-order valence-corrected chi connectivity index (χ0v) is 11.4. The molecule has 0 radical (unpaired) electrons. The molecule has 1 unspecified atom stereocenters. The number of nitrogens with two attached hydrogens (primary N) is 1. The Hall–Kier alpha value is -1.66. The molecule has 1 amide bonds. The van der Waals surface area contributed by atoms with Crippen LogP contribution in [0, 0.1) is 5.82 Å². The Balaban J connectivity index is 0.00000324. The average molecular weight is 291 g/mol. The summed E-state index contributed by atoms with van der Waals surface area (Å²) in [6, 6.07) is 3.27. The van der Waals surface area contributed by atoms with E-state index in [1.165, 1.54) is 19.2 Å². The predicted molar refractivity (Wildman–Crippen MR) is 71.9 cm³/mol. The van der Waals surface area contributed by atoms with Crippen LogP contribution in [0.4, 0.5) is 10.1 Å². The molecule has 19 heavy (non-hydrogen) atoms. The number of methoxy groups -OCH3 is 1. The fourth-order valence-electron chi connectivity index (χ4n) is 1.36. The number of hydrogen-bond acceptors (Lipinski definition) is 4. The summed E-state index contributed by atoms with van der Waals surface area (Å²) in [5, 5.41) is 2.36. The molecule has 106 valence electrons. The third-order valence-corrected chi connectivity index (χ3v) is 2.17. The van der Waals surface area contributed by atoms with Crippen LogP contribution >= 0.6 is 12.4 Å². The van der Waals surface area contributed by atoms with Crippen molar-refractivity contribution in [1.29, 1.82) is 0 Å². The highest BCUT2D eigenvalue weighted by molar-refractivity contribution is 5.94. The first kappa shape index (κ1) is 17.3. The van der Waals surface area contributed by atoms with Crippen LogP contribution in [0.15, 0.2) is 18.2 Å². The van der Waals surface area contributed by atoms with Crippen molar-refractivity contribution in [2.75, 3.05) is 12.4 Å². The van der Waals surface area contributed by atoms with Crippen LogP contribution in [0.1, 0.15) is 23.7 Å². The smallest absolute Gasteiger partial charge is 0.337 e. The molecule has 0 saturated heterocycles. The molecular weight excluding hydrogens is 275 g/mol. The monoisotopic (exact) mass is 290 g/mol. The van der Waals surface area contributed by atoms with Crippen molar-refractivity contribution >= 4 is 30.0 Å². The van der Waals surface area contributed by atoms with Crippen LogP contribution in [-0.4, -0.2) is 25.0 Å². The summed E-state index contributed by atoms with van der Waals surface area (Å²) in [5.41, 5.74) is 5.55. The SMILES string of the molecule is COC(=O)c1ccc(F)c(NC(=O)CC(C)N)c1.Cl. The Morgan fingerprint density at radius 2 is 2.11 bits per heavy atom. The van der Waals surface area contributed by atoms with Gasteiger partial charge in [-0.3, -0.25) is 4.79 Å². The minimum Gasteiger partial charge on any atom is -0.465 e. The van der Waals surface area contributed by atoms with E-state index >= 15 is 0 Å². The van der Waals surface area contributed by atoms with Gasteiger partial charge < -0.3 is 15.8 Å². The van der Waals surface area contributed by atoms with E-state index in [9.17, 15) is 14.0 Å². The lowest BCUT2D eigenvalue weighted by Gasteiger charge is -2.09. The first-order chi connectivity index (χ1) is 8.43. The number of hydrogen-bond donors (Lipinski definition) is 2. The Kier molecular flexibility index (Phi) is 7.03. The predicted octanol–water partition coefficient (Wildman–Crippen LogP) is 1.71. The van der Waals surface area contributed by atoms with E-state index in [1.54, 1.807) is 6.92 Å². The summed E-state index contributed by atoms with van der Waals surface area (Å²) >= 11 is 0. The summed E-state index contributed by atoms with van der Waals surface area (Å²) < 4.78 is 17.9. The summed E-state index contributed by atoms with van der Waals surface area (Å²) in [5.74, 6) is -1.63. The minimum absolute atomic E-state index is 0. The quantitative estimate of drug-likeness (QED) is 0.827. The van der Waals surface area contributed by atoms with Gasteiger partial charge in [-0.05, 0) is 25.1 Å². The molecule has 0 fully saturated rings. The molecular formula is C12H16ClFN2O3. The third-order valence-electron chi connectivity index (χ3n) is 2.17. The van der Waals surface area contributed by atoms with E-state index in [-0.39, 0.29) is 36.1 Å². The molecule has 0 saturated carbocycles. The number of rotatable bonds is 4. The second-order valence-electron chi connectivity index (χ2n) is 3.92. The van der Waals surface area contributed by atoms with E-state index in [4.69, 9.17) is 5.73 Å². The molecule has 3 N–H and O–H groups in total. The van der Waals surface area contributed by atoms with Crippen molar-refractivity contribution in [1.82, 2.24) is 0 Å². The van der Waals surface area contributed by atoms with Crippen LogP contribution < -0.4 is 11.1 Å². The molecule has 0 aliphatic carbocycles. The van der Waals surface area contributed by atoms with Crippen LogP contribution in [0.3, 0.4) is 0 Å². The number of halogens is 2. The number of carbonyl (C=O) groups excluding carboxylic acids is 2. The summed E-state index contributed by atoms with van der Waals surface area (Å²) in [7, 11) is 1.22. The standard InChI is InChI=1S/C12H15FN2O3.ClH/c1-7(14)5-11(16)15-10-6-8(12(17)18-2)3-4-9(10)13;/h3-4,6-7H,5,14H2,1-2H3,(H,15,16);1H. The van der Waals surface area contributed by atoms with Crippen LogP contribution in [0.5, 0.6) is 0 Å². The van der Waals surface area contributed by atoms with Crippen molar-refractivity contribution in [3.8, 4) is 0 Å². The van der Waals surface area contributed by atoms with Crippen molar-refractivity contribution in [2.45, 2.75) is 19.4 Å². The second kappa shape index (κ2) is 7.70. The highest BCUT2D eigenvalue weighted by atomic mass is 35.5. The number of amides is 1. The highest BCUT2D eigenvalue weighted by Gasteiger charge is 2.12. The van der Waals surface area contributed by atoms with E-state index in [0.29, 0.717) is 0 Å². The van der Waals surface area contributed by atoms with E-state index in [1.807, 2.05) is 0 Å². The zero-order chi connectivity index (χ0) is 13.7. The maximum atomic E-state index is 13.4. The summed E-state index contributed by atoms with van der Waals surface area (Å²) in [6.07, 6.45) is 0.0713. The second-order valence-corrected chi connectivity index (χ2v) is 3.92. The van der Waals surface area contributed by atoms with Crippen LogP contribution in [0.25, 0.3) is 0 Å². The van der Waals surface area contributed by atoms with Crippen LogP contribution in [-0.2, 0) is 9.53 Å². The van der Waals surface area contributed by atoms with Crippen molar-refractivity contribution in [3.05, 3.63) is 29.6 Å². The maximum Gasteiger partial charge on any atom is 0.337 e. The van der Waals surface area contributed by atoms with Gasteiger partial charge in [-0.1, -0.05) is 0 Å². The topological polar surface area (TPSA) is 81.4 Å². The number of ether oxygens (including phenoxy) is 1. The number of esters is 1. The Morgan fingerprint density at radius 3 is 2.63 bits per heavy atom. The zero-order valence-electron chi connectivity index (χ0n) is 10.6. The van der Waals surface area contributed by atoms with Gasteiger partial charge in [0.05, 0.1) is 18.4 Å². The summed E-state index contributed by atoms with van der Waals surface area (Å²) in [4.78, 5) is 22.7. The van der Waals surface area contributed by atoms with E-state index in [0.717, 1.165) is 6.07 Å². The summed E-state index contributed by atoms with van der Waals surface area (Å²) in [6.45, 7) is 1.67. The van der Waals surface area contributed by atoms with Gasteiger partial charge in [-0.25, -0.2) is 9.18 Å². The van der Waals surface area contributed by atoms with Gasteiger partial charge in [0.2, 0.25) is 5.91 Å². The lowest BCUT2D eigenvalue weighted by molar-refractivity contribution is -0.116. The van der Waals surface area contributed by atoms with Crippen molar-refractivity contribution in [2.24, 2.45) is 5.73 Å². The fraction of sp³-hybridized carbons (Fsp3) is 0.333. The largest absolute Gasteiger partial charge is 0.465 e. The van der Waals surface area contributed by atoms with Gasteiger partial charge in [0, 0.05) is 12.5 Å². The minimum atomic E-state index is -0.624. The highest BCUT2D eigenvalue weighted by Crippen LogP contribution is 2.17. The molecule has 5 nitrogen and oxygen atoms in total. The third kappa shape index (κ3) is 5.23. The van der Waals surface area contributed by atoms with Gasteiger partial charge in [-0.2, -0.15) is 0 Å². The van der Waals surface area contributed by atoms with Gasteiger partial charge in [0.15, 0.2) is 0 Å². The first-order valence-corrected chi connectivity index (χ1v) is 5.37. The maximum absolute atomic E-state index is 13.4. The molecule has 0 spiro atoms. The fourth-order valence-corrected chi connectivity index (χ4v) is 1.36. The van der Waals surface area contributed by atoms with Crippen LogP contribution in [0.2, 0.25) is 0 Å². The molecule has 0 aromatic heterocycles. The van der Waals surface area contributed by atoms with Crippen molar-refractivity contribution in [3.63, 3.8) is 0 Å². The average Bonchev–Trinajstić information content (AvgIpc) is 2.30. The Bertz CT molecular complexity index is 466. The molecule has 0 bridgehead atoms. The molecule has 7 heteroatoms. The Labute approximate surface area is 116 Å². The normalized spacial score (nSPS) is 11.2. The first-order valence-electron chi connectivity index (χ1n) is 5.37. The van der Waals surface area contributed by atoms with Gasteiger partial charge in [0.25, 0.3) is 0 Å². The molecule has 0 aliphatic rings. The molecule has 0 aliphatic heterocycles. The lowest BCUT2D eigenvalue weighted by atomic mass is 10.2. The number of carbonyl (C=O) groups is 2. The van der Waals surface area contributed by atoms with Gasteiger partial charge in [0.1, 0.15) is 5.82 Å². The molecule has 1 aromatic rings. The molecule has 1 rings (SSSR count). The number of nitrogens with one attached hydrogen (secondary N) is 1. The Morgan fingerprint density at radius 1 is 1.47 bits per heavy atom. The van der Waals surface area contributed by atoms with Crippen molar-refractivity contribution < 1.29 is 18.7 Å². The van der Waals surface area contributed by atoms with Gasteiger partial charge in [-0.15, -0.1) is 12.4 Å². The number of anilines is 1. The van der Waals surface area contributed by atoms with E-state index < -0.39 is 17.7 Å². The molecule has 1 aromatic carbocycles.